The van der Waals surface area contributed by atoms with E-state index in [-0.39, 0.29) is 29.8 Å². The first-order chi connectivity index (χ1) is 16.0. The third kappa shape index (κ3) is 6.48. The van der Waals surface area contributed by atoms with E-state index in [1.54, 1.807) is 69.3 Å². The normalized spacial score (nSPS) is 15.4. The molecule has 2 aromatic rings. The van der Waals surface area contributed by atoms with Gasteiger partial charge in [-0.15, -0.1) is 0 Å². The Balaban J connectivity index is 1.62. The molecule has 2 aromatic carbocycles. The first-order valence-electron chi connectivity index (χ1n) is 11.0. The number of anilines is 2. The van der Waals surface area contributed by atoms with Crippen LogP contribution >= 0.6 is 0 Å². The number of carbonyl (C=O) groups is 2. The largest absolute Gasteiger partial charge is 0.495 e. The second-order valence-corrected chi connectivity index (χ2v) is 11.0. The van der Waals surface area contributed by atoms with Gasteiger partial charge in [0.2, 0.25) is 15.9 Å². The molecule has 1 heterocycles. The molecule has 0 aromatic heterocycles. The van der Waals surface area contributed by atoms with Crippen LogP contribution in [0.5, 0.6) is 5.75 Å². The summed E-state index contributed by atoms with van der Waals surface area (Å²) in [4.78, 5) is 25.3. The van der Waals surface area contributed by atoms with E-state index in [9.17, 15) is 18.0 Å². The topological polar surface area (TPSA) is 114 Å². The molecule has 1 fully saturated rings. The highest BCUT2D eigenvalue weighted by Crippen LogP contribution is 2.30. The number of hydrogen-bond donors (Lipinski definition) is 2. The third-order valence-corrected chi connectivity index (χ3v) is 7.22. The van der Waals surface area contributed by atoms with E-state index in [1.807, 2.05) is 0 Å². The quantitative estimate of drug-likeness (QED) is 0.632. The van der Waals surface area contributed by atoms with Crippen molar-refractivity contribution in [1.82, 2.24) is 4.31 Å². The number of methoxy groups -OCH3 is 1. The average Bonchev–Trinajstić information content (AvgIpc) is 2.78. The lowest BCUT2D eigenvalue weighted by molar-refractivity contribution is -0.120. The van der Waals surface area contributed by atoms with E-state index in [2.05, 4.69) is 10.6 Å². The van der Waals surface area contributed by atoms with Crippen molar-refractivity contribution in [3.8, 4) is 5.75 Å². The smallest absolute Gasteiger partial charge is 0.412 e. The minimum absolute atomic E-state index is 0.204. The van der Waals surface area contributed by atoms with Crippen molar-refractivity contribution < 1.29 is 27.5 Å². The van der Waals surface area contributed by atoms with Gasteiger partial charge in [0, 0.05) is 24.7 Å². The highest BCUT2D eigenvalue weighted by atomic mass is 32.2. The van der Waals surface area contributed by atoms with Gasteiger partial charge in [0.25, 0.3) is 0 Å². The van der Waals surface area contributed by atoms with Gasteiger partial charge in [-0.3, -0.25) is 10.1 Å². The molecule has 0 spiro atoms. The molecule has 1 saturated heterocycles. The molecule has 0 radical (unpaired) electrons. The van der Waals surface area contributed by atoms with Crippen molar-refractivity contribution in [3.63, 3.8) is 0 Å². The van der Waals surface area contributed by atoms with Gasteiger partial charge in [0.15, 0.2) is 0 Å². The van der Waals surface area contributed by atoms with Crippen LogP contribution in [0, 0.1) is 5.92 Å². The maximum absolute atomic E-state index is 12.8. The van der Waals surface area contributed by atoms with Gasteiger partial charge in [-0.1, -0.05) is 18.2 Å². The van der Waals surface area contributed by atoms with Crippen LogP contribution in [-0.4, -0.2) is 50.5 Å². The second-order valence-electron chi connectivity index (χ2n) is 9.02. The monoisotopic (exact) mass is 489 g/mol. The number of piperidine rings is 1. The first kappa shape index (κ1) is 25.5. The van der Waals surface area contributed by atoms with E-state index >= 15 is 0 Å². The number of nitrogens with zero attached hydrogens (tertiary/aromatic N) is 1. The van der Waals surface area contributed by atoms with Crippen LogP contribution in [0.3, 0.4) is 0 Å². The summed E-state index contributed by atoms with van der Waals surface area (Å²) in [6, 6.07) is 13.2. The lowest BCUT2D eigenvalue weighted by Crippen LogP contribution is -2.41. The molecular weight excluding hydrogens is 458 g/mol. The fraction of sp³-hybridized carbons (Fsp3) is 0.417. The summed E-state index contributed by atoms with van der Waals surface area (Å²) in [5.41, 5.74) is 0.181. The molecule has 9 nitrogen and oxygen atoms in total. The third-order valence-electron chi connectivity index (χ3n) is 5.31. The summed E-state index contributed by atoms with van der Waals surface area (Å²) in [7, 11) is -2.10. The maximum atomic E-state index is 12.8. The Hall–Kier alpha value is -3.11. The number of ether oxygens (including phenoxy) is 2. The van der Waals surface area contributed by atoms with Crippen molar-refractivity contribution in [2.45, 2.75) is 44.1 Å². The van der Waals surface area contributed by atoms with Gasteiger partial charge < -0.3 is 14.8 Å². The minimum atomic E-state index is -3.57. The van der Waals surface area contributed by atoms with Crippen molar-refractivity contribution in [2.75, 3.05) is 30.8 Å². The summed E-state index contributed by atoms with van der Waals surface area (Å²) in [6.45, 7) is 5.82. The van der Waals surface area contributed by atoms with Crippen molar-refractivity contribution in [1.29, 1.82) is 0 Å². The molecule has 1 aliphatic rings. The molecule has 10 heteroatoms. The highest BCUT2D eigenvalue weighted by Gasteiger charge is 2.32. The summed E-state index contributed by atoms with van der Waals surface area (Å²) in [5.74, 6) is -0.111. The predicted molar refractivity (Wildman–Crippen MR) is 129 cm³/mol. The molecule has 0 saturated carbocycles. The van der Waals surface area contributed by atoms with Crippen LogP contribution in [0.2, 0.25) is 0 Å². The number of nitrogens with one attached hydrogen (secondary N) is 2. The summed E-state index contributed by atoms with van der Waals surface area (Å²) in [6.07, 6.45) is 0.190. The van der Waals surface area contributed by atoms with Gasteiger partial charge in [-0.05, 0) is 63.9 Å². The molecule has 0 aliphatic carbocycles. The zero-order valence-electron chi connectivity index (χ0n) is 19.8. The standard InChI is InChI=1S/C24H31N3O6S/c1-24(2,3)33-23(29)26-20-16-18(10-11-21(20)32-4)25-22(28)17-12-14-27(15-13-17)34(30,31)19-8-6-5-7-9-19/h5-11,16-17H,12-15H2,1-4H3,(H,25,28)(H,26,29). The van der Waals surface area contributed by atoms with Crippen molar-refractivity contribution in [2.24, 2.45) is 5.92 Å². The number of sulfonamides is 1. The van der Waals surface area contributed by atoms with Gasteiger partial charge >= 0.3 is 6.09 Å². The van der Waals surface area contributed by atoms with Crippen LogP contribution in [0.25, 0.3) is 0 Å². The Morgan fingerprint density at radius 1 is 1.00 bits per heavy atom. The number of benzene rings is 2. The first-order valence-corrected chi connectivity index (χ1v) is 12.5. The number of rotatable bonds is 6. The van der Waals surface area contributed by atoms with Crippen LogP contribution in [0.4, 0.5) is 16.2 Å². The van der Waals surface area contributed by atoms with Crippen LogP contribution in [0.1, 0.15) is 33.6 Å². The molecule has 0 unspecified atom stereocenters. The zero-order valence-corrected chi connectivity index (χ0v) is 20.6. The zero-order chi connectivity index (χ0) is 24.9. The van der Waals surface area contributed by atoms with Gasteiger partial charge in [-0.25, -0.2) is 13.2 Å². The molecule has 3 rings (SSSR count). The molecule has 34 heavy (non-hydrogen) atoms. The van der Waals surface area contributed by atoms with E-state index in [0.717, 1.165) is 0 Å². The Kier molecular flexibility index (Phi) is 7.83. The molecular formula is C24H31N3O6S. The van der Waals surface area contributed by atoms with Crippen LogP contribution < -0.4 is 15.4 Å². The summed E-state index contributed by atoms with van der Waals surface area (Å²) < 4.78 is 37.6. The molecule has 0 atom stereocenters. The number of carbonyl (C=O) groups excluding carboxylic acids is 2. The van der Waals surface area contributed by atoms with Crippen molar-refractivity contribution >= 4 is 33.4 Å². The van der Waals surface area contributed by atoms with Gasteiger partial charge in [0.05, 0.1) is 17.7 Å². The van der Waals surface area contributed by atoms with Gasteiger partial charge in [-0.2, -0.15) is 4.31 Å². The lowest BCUT2D eigenvalue weighted by Gasteiger charge is -2.30. The minimum Gasteiger partial charge on any atom is -0.495 e. The molecule has 0 bridgehead atoms. The molecule has 1 aliphatic heterocycles. The fourth-order valence-electron chi connectivity index (χ4n) is 3.64. The molecule has 184 valence electrons. The van der Waals surface area contributed by atoms with E-state index in [4.69, 9.17) is 9.47 Å². The van der Waals surface area contributed by atoms with E-state index in [1.165, 1.54) is 11.4 Å². The molecule has 2 amide bonds. The lowest BCUT2D eigenvalue weighted by atomic mass is 9.97. The number of amides is 2. The molecule has 2 N–H and O–H groups in total. The van der Waals surface area contributed by atoms with E-state index in [0.29, 0.717) is 30.0 Å². The SMILES string of the molecule is COc1ccc(NC(=O)C2CCN(S(=O)(=O)c3ccccc3)CC2)cc1NC(=O)OC(C)(C)C. The fourth-order valence-corrected chi connectivity index (χ4v) is 5.13. The Morgan fingerprint density at radius 2 is 1.65 bits per heavy atom. The van der Waals surface area contributed by atoms with Crippen molar-refractivity contribution in [3.05, 3.63) is 48.5 Å². The predicted octanol–water partition coefficient (Wildman–Crippen LogP) is 4.08. The van der Waals surface area contributed by atoms with Crippen LogP contribution in [-0.2, 0) is 19.6 Å². The average molecular weight is 490 g/mol. The Bertz CT molecular complexity index is 1120. The van der Waals surface area contributed by atoms with Gasteiger partial charge in [0.1, 0.15) is 11.4 Å². The van der Waals surface area contributed by atoms with Crippen LogP contribution in [0.15, 0.2) is 53.4 Å². The maximum Gasteiger partial charge on any atom is 0.412 e. The summed E-state index contributed by atoms with van der Waals surface area (Å²) >= 11 is 0. The second kappa shape index (κ2) is 10.4. The highest BCUT2D eigenvalue weighted by molar-refractivity contribution is 7.89. The van der Waals surface area contributed by atoms with E-state index < -0.39 is 21.7 Å². The number of hydrogen-bond acceptors (Lipinski definition) is 6. The summed E-state index contributed by atoms with van der Waals surface area (Å²) in [5, 5.41) is 5.49. The Labute approximate surface area is 200 Å². The Morgan fingerprint density at radius 3 is 2.24 bits per heavy atom.